The maximum absolute atomic E-state index is 12.2. The van der Waals surface area contributed by atoms with E-state index >= 15 is 0 Å². The zero-order valence-corrected chi connectivity index (χ0v) is 14.3. The van der Waals surface area contributed by atoms with E-state index in [0.29, 0.717) is 12.0 Å². The highest BCUT2D eigenvalue weighted by Crippen LogP contribution is 2.29. The lowest BCUT2D eigenvalue weighted by Gasteiger charge is -2.15. The van der Waals surface area contributed by atoms with E-state index in [-0.39, 0.29) is 11.3 Å². The van der Waals surface area contributed by atoms with Crippen molar-refractivity contribution in [2.24, 2.45) is 0 Å². The molecule has 0 fully saturated rings. The first-order chi connectivity index (χ1) is 12.6. The van der Waals surface area contributed by atoms with Crippen LogP contribution in [0.15, 0.2) is 49.2 Å². The Morgan fingerprint density at radius 2 is 2.00 bits per heavy atom. The molecule has 0 saturated heterocycles. The van der Waals surface area contributed by atoms with Crippen molar-refractivity contribution in [1.82, 2.24) is 14.1 Å². The molecule has 6 heteroatoms. The van der Waals surface area contributed by atoms with Gasteiger partial charge in [0.2, 0.25) is 0 Å². The number of rotatable bonds is 5. The second kappa shape index (κ2) is 6.63. The highest BCUT2D eigenvalue weighted by atomic mass is 16.4. The molecule has 3 aromatic rings. The number of carbonyl (C=O) groups is 2. The third-order valence-electron chi connectivity index (χ3n) is 4.87. The number of imidazole rings is 1. The summed E-state index contributed by atoms with van der Waals surface area (Å²) < 4.78 is 3.89. The minimum atomic E-state index is -1.05. The molecular formula is C20H19N3O3. The highest BCUT2D eigenvalue weighted by Gasteiger charge is 2.28. The van der Waals surface area contributed by atoms with E-state index in [1.54, 1.807) is 18.7 Å². The smallest absolute Gasteiger partial charge is 0.338 e. The van der Waals surface area contributed by atoms with Crippen molar-refractivity contribution in [2.45, 2.75) is 32.2 Å². The molecule has 26 heavy (non-hydrogen) atoms. The van der Waals surface area contributed by atoms with Gasteiger partial charge in [0.25, 0.3) is 0 Å². The summed E-state index contributed by atoms with van der Waals surface area (Å²) in [5, 5.41) is 9.45. The predicted molar refractivity (Wildman–Crippen MR) is 95.9 cm³/mol. The summed E-state index contributed by atoms with van der Waals surface area (Å²) in [6.45, 7) is 0.857. The first-order valence-corrected chi connectivity index (χ1v) is 8.69. The third kappa shape index (κ3) is 2.94. The summed E-state index contributed by atoms with van der Waals surface area (Å²) in [4.78, 5) is 27.8. The lowest BCUT2D eigenvalue weighted by molar-refractivity contribution is 0.0691. The van der Waals surface area contributed by atoms with Crippen LogP contribution in [0, 0.1) is 0 Å². The molecular weight excluding hydrogens is 330 g/mol. The minimum Gasteiger partial charge on any atom is -0.478 e. The number of hydrogen-bond acceptors (Lipinski definition) is 3. The van der Waals surface area contributed by atoms with Crippen LogP contribution in [0.25, 0.3) is 5.69 Å². The zero-order valence-electron chi connectivity index (χ0n) is 14.3. The number of ketones is 1. The van der Waals surface area contributed by atoms with Gasteiger partial charge in [-0.1, -0.05) is 12.1 Å². The number of aryl methyl sites for hydroxylation is 2. The maximum Gasteiger partial charge on any atom is 0.338 e. The van der Waals surface area contributed by atoms with Gasteiger partial charge in [0, 0.05) is 42.9 Å². The average molecular weight is 349 g/mol. The number of carboxylic acid groups (broad SMARTS) is 1. The topological polar surface area (TPSA) is 77.1 Å². The number of benzene rings is 1. The first kappa shape index (κ1) is 16.3. The van der Waals surface area contributed by atoms with Crippen LogP contribution in [-0.4, -0.2) is 31.0 Å². The lowest BCUT2D eigenvalue weighted by atomic mass is 9.93. The van der Waals surface area contributed by atoms with Gasteiger partial charge in [0.15, 0.2) is 5.78 Å². The van der Waals surface area contributed by atoms with E-state index in [0.717, 1.165) is 37.2 Å². The normalized spacial score (nSPS) is 13.6. The fraction of sp³-hybridized carbons (Fsp3) is 0.250. The number of fused-ring (bicyclic) bond motifs is 1. The molecule has 2 heterocycles. The molecule has 1 aliphatic rings. The van der Waals surface area contributed by atoms with E-state index < -0.39 is 5.97 Å². The van der Waals surface area contributed by atoms with Gasteiger partial charge in [-0.25, -0.2) is 9.78 Å². The number of nitrogens with zero attached hydrogens (tertiary/aromatic N) is 3. The number of carbonyl (C=O) groups excluding carboxylic acids is 1. The quantitative estimate of drug-likeness (QED) is 0.768. The van der Waals surface area contributed by atoms with Gasteiger partial charge in [0.05, 0.1) is 17.5 Å². The number of aromatic carboxylic acids is 1. The standard InChI is InChI=1S/C20H19N3O3/c24-18-3-1-2-17-19(18)16(20(25)26)12-23(17)15-6-4-14(5-7-15)8-10-22-11-9-21-13-22/h4-7,9,11-13H,1-3,8,10H2,(H,25,26). The van der Waals surface area contributed by atoms with Crippen molar-refractivity contribution in [2.75, 3.05) is 0 Å². The summed E-state index contributed by atoms with van der Waals surface area (Å²) in [6.07, 6.45) is 9.87. The van der Waals surface area contributed by atoms with Crippen LogP contribution in [0.1, 0.15) is 44.8 Å². The van der Waals surface area contributed by atoms with Gasteiger partial charge in [-0.3, -0.25) is 4.79 Å². The molecule has 0 radical (unpaired) electrons. The van der Waals surface area contributed by atoms with E-state index in [2.05, 4.69) is 4.98 Å². The van der Waals surface area contributed by atoms with Gasteiger partial charge in [-0.15, -0.1) is 0 Å². The SMILES string of the molecule is O=C(O)c1cn(-c2ccc(CCn3ccnc3)cc2)c2c1C(=O)CCC2. The lowest BCUT2D eigenvalue weighted by Crippen LogP contribution is -2.14. The Bertz CT molecular complexity index is 953. The van der Waals surface area contributed by atoms with E-state index in [1.165, 1.54) is 5.56 Å². The zero-order chi connectivity index (χ0) is 18.1. The van der Waals surface area contributed by atoms with Gasteiger partial charge in [0.1, 0.15) is 0 Å². The Morgan fingerprint density at radius 3 is 2.69 bits per heavy atom. The van der Waals surface area contributed by atoms with Crippen LogP contribution < -0.4 is 0 Å². The maximum atomic E-state index is 12.2. The molecule has 1 aliphatic carbocycles. The molecule has 1 aromatic carbocycles. The summed E-state index contributed by atoms with van der Waals surface area (Å²) >= 11 is 0. The average Bonchev–Trinajstić information content (AvgIpc) is 3.29. The van der Waals surface area contributed by atoms with Crippen LogP contribution in [0.3, 0.4) is 0 Å². The van der Waals surface area contributed by atoms with E-state index in [1.807, 2.05) is 39.6 Å². The van der Waals surface area contributed by atoms with Crippen LogP contribution in [0.4, 0.5) is 0 Å². The van der Waals surface area contributed by atoms with Crippen molar-refractivity contribution >= 4 is 11.8 Å². The molecule has 132 valence electrons. The predicted octanol–water partition coefficient (Wildman–Crippen LogP) is 3.13. The second-order valence-electron chi connectivity index (χ2n) is 6.53. The molecule has 0 spiro atoms. The molecule has 4 rings (SSSR count). The van der Waals surface area contributed by atoms with Crippen LogP contribution in [0.2, 0.25) is 0 Å². The molecule has 0 amide bonds. The Labute approximate surface area is 150 Å². The number of hydrogen-bond donors (Lipinski definition) is 1. The first-order valence-electron chi connectivity index (χ1n) is 8.69. The van der Waals surface area contributed by atoms with Crippen molar-refractivity contribution < 1.29 is 14.7 Å². The Morgan fingerprint density at radius 1 is 1.19 bits per heavy atom. The minimum absolute atomic E-state index is 0.0700. The molecule has 6 nitrogen and oxygen atoms in total. The highest BCUT2D eigenvalue weighted by molar-refractivity contribution is 6.07. The Balaban J connectivity index is 1.62. The molecule has 2 aromatic heterocycles. The number of Topliss-reactive ketones (excluding diaryl/α,β-unsaturated/α-hetero) is 1. The van der Waals surface area contributed by atoms with Crippen LogP contribution in [0.5, 0.6) is 0 Å². The monoisotopic (exact) mass is 349 g/mol. The van der Waals surface area contributed by atoms with Crippen molar-refractivity contribution in [3.63, 3.8) is 0 Å². The fourth-order valence-electron chi connectivity index (χ4n) is 3.54. The van der Waals surface area contributed by atoms with Crippen molar-refractivity contribution in [3.05, 3.63) is 71.6 Å². The Kier molecular flexibility index (Phi) is 4.16. The van der Waals surface area contributed by atoms with Crippen molar-refractivity contribution in [3.8, 4) is 5.69 Å². The summed E-state index contributed by atoms with van der Waals surface area (Å²) in [5.41, 5.74) is 3.37. The van der Waals surface area contributed by atoms with Gasteiger partial charge >= 0.3 is 5.97 Å². The van der Waals surface area contributed by atoms with E-state index in [9.17, 15) is 14.7 Å². The van der Waals surface area contributed by atoms with Gasteiger partial charge in [-0.2, -0.15) is 0 Å². The van der Waals surface area contributed by atoms with Gasteiger partial charge in [-0.05, 0) is 37.0 Å². The molecule has 0 bridgehead atoms. The Hall–Kier alpha value is -3.15. The number of carboxylic acids is 1. The van der Waals surface area contributed by atoms with Crippen molar-refractivity contribution in [1.29, 1.82) is 0 Å². The summed E-state index contributed by atoms with van der Waals surface area (Å²) in [6, 6.07) is 8.05. The molecule has 0 atom stereocenters. The molecule has 0 unspecified atom stereocenters. The second-order valence-corrected chi connectivity index (χ2v) is 6.53. The molecule has 0 aliphatic heterocycles. The largest absolute Gasteiger partial charge is 0.478 e. The van der Waals surface area contributed by atoms with Crippen LogP contribution in [-0.2, 0) is 19.4 Å². The van der Waals surface area contributed by atoms with Crippen LogP contribution >= 0.6 is 0 Å². The fourth-order valence-corrected chi connectivity index (χ4v) is 3.54. The molecule has 1 N–H and O–H groups in total. The number of aromatic nitrogens is 3. The summed E-state index contributed by atoms with van der Waals surface area (Å²) in [5.74, 6) is -1.12. The van der Waals surface area contributed by atoms with Gasteiger partial charge < -0.3 is 14.2 Å². The molecule has 0 saturated carbocycles. The third-order valence-corrected chi connectivity index (χ3v) is 4.87. The summed E-state index contributed by atoms with van der Waals surface area (Å²) in [7, 11) is 0. The van der Waals surface area contributed by atoms with E-state index in [4.69, 9.17) is 0 Å².